The summed E-state index contributed by atoms with van der Waals surface area (Å²) in [7, 11) is 0. The van der Waals surface area contributed by atoms with E-state index in [0.29, 0.717) is 13.0 Å². The molecule has 184 valence electrons. The minimum absolute atomic E-state index is 0.115. The smallest absolute Gasteiger partial charge is 0.316 e. The van der Waals surface area contributed by atoms with Crippen LogP contribution in [0.5, 0.6) is 0 Å². The Morgan fingerprint density at radius 3 is 2.36 bits per heavy atom. The molecule has 1 fully saturated rings. The molecule has 0 aliphatic carbocycles. The van der Waals surface area contributed by atoms with Gasteiger partial charge in [-0.3, -0.25) is 4.79 Å². The fourth-order valence-corrected chi connectivity index (χ4v) is 6.94. The zero-order chi connectivity index (χ0) is 25.0. The lowest BCUT2D eigenvalue weighted by Gasteiger charge is -2.41. The van der Waals surface area contributed by atoms with Gasteiger partial charge in [0.15, 0.2) is 0 Å². The number of fused-ring (bicyclic) bond motifs is 2. The number of hydrogen-bond donors (Lipinski definition) is 0. The predicted octanol–water partition coefficient (Wildman–Crippen LogP) is 6.14. The van der Waals surface area contributed by atoms with Crippen LogP contribution in [-0.2, 0) is 26.8 Å². The molecule has 4 nitrogen and oxygen atoms in total. The molecule has 0 N–H and O–H groups in total. The third-order valence-electron chi connectivity index (χ3n) is 7.86. The maximum atomic E-state index is 13.1. The molecule has 0 radical (unpaired) electrons. The molecule has 0 saturated carbocycles. The number of piperidine rings is 1. The Kier molecular flexibility index (Phi) is 7.18. The highest BCUT2D eigenvalue weighted by Gasteiger charge is 2.45. The lowest BCUT2D eigenvalue weighted by Crippen LogP contribution is -2.49. The van der Waals surface area contributed by atoms with Gasteiger partial charge in [-0.05, 0) is 81.1 Å². The predicted molar refractivity (Wildman–Crippen MR) is 143 cm³/mol. The van der Waals surface area contributed by atoms with E-state index in [1.54, 1.807) is 11.8 Å². The van der Waals surface area contributed by atoms with E-state index < -0.39 is 10.8 Å². The molecule has 36 heavy (non-hydrogen) atoms. The molecule has 2 aliphatic rings. The zero-order valence-electron chi connectivity index (χ0n) is 20.8. The Morgan fingerprint density at radius 1 is 0.972 bits per heavy atom. The van der Waals surface area contributed by atoms with Gasteiger partial charge in [0.2, 0.25) is 0 Å². The first-order valence-electron chi connectivity index (χ1n) is 12.8. The summed E-state index contributed by atoms with van der Waals surface area (Å²) in [6.45, 7) is 4.70. The molecule has 0 bridgehead atoms. The van der Waals surface area contributed by atoms with E-state index in [4.69, 9.17) is 4.74 Å². The van der Waals surface area contributed by atoms with E-state index >= 15 is 0 Å². The minimum atomic E-state index is -0.592. The molecule has 1 atom stereocenters. The summed E-state index contributed by atoms with van der Waals surface area (Å²) in [4.78, 5) is 18.0. The van der Waals surface area contributed by atoms with Crippen molar-refractivity contribution in [2.45, 2.75) is 53.2 Å². The topological polar surface area (TPSA) is 53.3 Å². The van der Waals surface area contributed by atoms with Crippen LogP contribution in [0.2, 0.25) is 0 Å². The van der Waals surface area contributed by atoms with Crippen LogP contribution in [0, 0.1) is 11.3 Å². The van der Waals surface area contributed by atoms with Gasteiger partial charge in [-0.25, -0.2) is 0 Å². The van der Waals surface area contributed by atoms with Crippen LogP contribution in [0.25, 0.3) is 0 Å². The Bertz CT molecular complexity index is 1260. The van der Waals surface area contributed by atoms with Gasteiger partial charge in [0.25, 0.3) is 0 Å². The summed E-state index contributed by atoms with van der Waals surface area (Å²) < 4.78 is 5.55. The number of likely N-dealkylation sites (tertiary alicyclic amines) is 1. The summed E-state index contributed by atoms with van der Waals surface area (Å²) in [6, 6.07) is 29.7. The molecular weight excluding hydrogens is 464 g/mol. The summed E-state index contributed by atoms with van der Waals surface area (Å²) >= 11 is 1.77. The summed E-state index contributed by atoms with van der Waals surface area (Å²) in [6.07, 6.45) is 2.93. The maximum Gasteiger partial charge on any atom is 0.316 e. The first-order valence-corrected chi connectivity index (χ1v) is 13.6. The van der Waals surface area contributed by atoms with E-state index in [1.165, 1.54) is 15.4 Å². The second-order valence-corrected chi connectivity index (χ2v) is 10.9. The Balaban J connectivity index is 1.36. The Labute approximate surface area is 218 Å². The first kappa shape index (κ1) is 24.6. The molecule has 3 aromatic carbocycles. The molecule has 0 aromatic heterocycles. The molecule has 0 unspecified atom stereocenters. The van der Waals surface area contributed by atoms with E-state index in [1.807, 2.05) is 25.1 Å². The second kappa shape index (κ2) is 10.5. The van der Waals surface area contributed by atoms with Crippen molar-refractivity contribution in [3.8, 4) is 6.07 Å². The monoisotopic (exact) mass is 496 g/mol. The summed E-state index contributed by atoms with van der Waals surface area (Å²) in [5, 5.41) is 10.6. The average molecular weight is 497 g/mol. The molecule has 5 heteroatoms. The van der Waals surface area contributed by atoms with Gasteiger partial charge in [-0.2, -0.15) is 5.26 Å². The van der Waals surface area contributed by atoms with Gasteiger partial charge >= 0.3 is 5.97 Å². The van der Waals surface area contributed by atoms with Crippen LogP contribution < -0.4 is 0 Å². The third kappa shape index (κ3) is 4.56. The maximum absolute atomic E-state index is 13.1. The lowest BCUT2D eigenvalue weighted by molar-refractivity contribution is -0.152. The normalized spacial score (nSPS) is 20.9. The molecule has 5 rings (SSSR count). The number of hydrogen-bond acceptors (Lipinski definition) is 5. The highest BCUT2D eigenvalue weighted by Crippen LogP contribution is 2.46. The number of nitriles is 1. The number of esters is 1. The molecule has 3 aromatic rings. The highest BCUT2D eigenvalue weighted by atomic mass is 32.2. The number of rotatable bonds is 6. The van der Waals surface area contributed by atoms with Crippen LogP contribution in [-0.4, -0.2) is 37.1 Å². The average Bonchev–Trinajstić information content (AvgIpc) is 3.07. The van der Waals surface area contributed by atoms with Crippen molar-refractivity contribution in [3.63, 3.8) is 0 Å². The van der Waals surface area contributed by atoms with Crippen molar-refractivity contribution in [1.29, 1.82) is 5.26 Å². The molecular formula is C31H32N2O2S. The van der Waals surface area contributed by atoms with E-state index in [2.05, 4.69) is 71.6 Å². The number of carbonyl (C=O) groups excluding carboxylic acids is 1. The van der Waals surface area contributed by atoms with Crippen molar-refractivity contribution < 1.29 is 9.53 Å². The van der Waals surface area contributed by atoms with E-state index in [-0.39, 0.29) is 5.97 Å². The third-order valence-corrected chi connectivity index (χ3v) is 9.05. The van der Waals surface area contributed by atoms with Gasteiger partial charge in [0.05, 0.1) is 23.5 Å². The Hall–Kier alpha value is -3.07. The first-order chi connectivity index (χ1) is 17.6. The Morgan fingerprint density at radius 2 is 1.64 bits per heavy atom. The summed E-state index contributed by atoms with van der Waals surface area (Å²) in [5.41, 5.74) is 2.25. The number of carbonyl (C=O) groups is 1. The van der Waals surface area contributed by atoms with Gasteiger partial charge < -0.3 is 9.64 Å². The van der Waals surface area contributed by atoms with Crippen molar-refractivity contribution in [2.75, 3.05) is 26.2 Å². The molecule has 2 aliphatic heterocycles. The minimum Gasteiger partial charge on any atom is -0.465 e. The summed E-state index contributed by atoms with van der Waals surface area (Å²) in [5.74, 6) is -0.115. The van der Waals surface area contributed by atoms with E-state index in [9.17, 15) is 10.1 Å². The van der Waals surface area contributed by atoms with Crippen LogP contribution >= 0.6 is 11.8 Å². The van der Waals surface area contributed by atoms with Crippen LogP contribution in [0.1, 0.15) is 42.9 Å². The largest absolute Gasteiger partial charge is 0.465 e. The number of nitrogens with zero attached hydrogens (tertiary/aromatic N) is 2. The van der Waals surface area contributed by atoms with Crippen LogP contribution in [0.3, 0.4) is 0 Å². The second-order valence-electron chi connectivity index (χ2n) is 9.84. The molecule has 2 heterocycles. The highest BCUT2D eigenvalue weighted by molar-refractivity contribution is 7.99. The van der Waals surface area contributed by atoms with Crippen molar-refractivity contribution in [3.05, 3.63) is 95.6 Å². The molecule has 1 saturated heterocycles. The van der Waals surface area contributed by atoms with Gasteiger partial charge in [-0.1, -0.05) is 78.5 Å². The lowest BCUT2D eigenvalue weighted by atomic mass is 9.72. The molecule has 0 amide bonds. The van der Waals surface area contributed by atoms with Crippen molar-refractivity contribution in [1.82, 2.24) is 4.90 Å². The SMILES string of the molecule is CCOC(=O)C1(c2ccccc2)CCN(CC[C@]2(C#N)Cc3ccccc3Sc3ccccc32)CC1. The fraction of sp³-hybridized carbons (Fsp3) is 0.355. The molecule has 0 spiro atoms. The standard InChI is InChI=1S/C31H32N2O2S/c1-2-35-29(34)31(25-11-4-3-5-12-25)17-20-33(21-18-31)19-16-30(23-32)22-24-10-6-8-14-27(24)36-28-15-9-7-13-26(28)30/h3-15H,2,16-22H2,1H3/t30-/m1/s1. The van der Waals surface area contributed by atoms with E-state index in [0.717, 1.165) is 50.0 Å². The van der Waals surface area contributed by atoms with Crippen LogP contribution in [0.15, 0.2) is 88.7 Å². The fourth-order valence-electron chi connectivity index (χ4n) is 5.76. The number of ether oxygens (including phenoxy) is 1. The zero-order valence-corrected chi connectivity index (χ0v) is 21.6. The number of benzene rings is 3. The quantitative estimate of drug-likeness (QED) is 0.384. The van der Waals surface area contributed by atoms with Crippen molar-refractivity contribution >= 4 is 17.7 Å². The van der Waals surface area contributed by atoms with Gasteiger partial charge in [0, 0.05) is 9.79 Å². The van der Waals surface area contributed by atoms with Gasteiger partial charge in [0.1, 0.15) is 0 Å². The van der Waals surface area contributed by atoms with Crippen molar-refractivity contribution in [2.24, 2.45) is 0 Å². The van der Waals surface area contributed by atoms with Gasteiger partial charge in [-0.15, -0.1) is 0 Å². The van der Waals surface area contributed by atoms with Crippen LogP contribution in [0.4, 0.5) is 0 Å².